The number of rotatable bonds is 2. The minimum atomic E-state index is -0.414. The van der Waals surface area contributed by atoms with Crippen molar-refractivity contribution in [1.82, 2.24) is 4.98 Å². The van der Waals surface area contributed by atoms with Crippen molar-refractivity contribution in [3.8, 4) is 0 Å². The Morgan fingerprint density at radius 3 is 2.74 bits per heavy atom. The van der Waals surface area contributed by atoms with Crippen LogP contribution in [0, 0.1) is 12.7 Å². The Labute approximate surface area is 110 Å². The minimum absolute atomic E-state index is 0.154. The van der Waals surface area contributed by atoms with Crippen molar-refractivity contribution in [3.63, 3.8) is 0 Å². The molecule has 0 radical (unpaired) electrons. The van der Waals surface area contributed by atoms with Crippen LogP contribution in [0.3, 0.4) is 0 Å². The van der Waals surface area contributed by atoms with Gasteiger partial charge < -0.3 is 16.0 Å². The summed E-state index contributed by atoms with van der Waals surface area (Å²) in [5.74, 6) is -0.414. The van der Waals surface area contributed by atoms with Gasteiger partial charge >= 0.3 is 0 Å². The van der Waals surface area contributed by atoms with Crippen LogP contribution in [0.2, 0.25) is 0 Å². The van der Waals surface area contributed by atoms with Gasteiger partial charge in [-0.25, -0.2) is 4.39 Å². The number of hydrogen-bond donors (Lipinski definition) is 3. The Bertz CT molecular complexity index is 746. The second-order valence-corrected chi connectivity index (χ2v) is 4.53. The Balaban J connectivity index is 2.05. The SMILES string of the molecule is Cc1[nH]c2ccccc2c1Nc1ccc(N)c(F)c1. The number of halogens is 1. The summed E-state index contributed by atoms with van der Waals surface area (Å²) in [4.78, 5) is 3.29. The van der Waals surface area contributed by atoms with Crippen LogP contribution >= 0.6 is 0 Å². The van der Waals surface area contributed by atoms with Gasteiger partial charge in [0.05, 0.1) is 11.4 Å². The summed E-state index contributed by atoms with van der Waals surface area (Å²) in [6.45, 7) is 1.98. The first kappa shape index (κ1) is 11.6. The van der Waals surface area contributed by atoms with Crippen LogP contribution in [0.4, 0.5) is 21.5 Å². The molecule has 3 aromatic rings. The molecule has 4 heteroatoms. The standard InChI is InChI=1S/C15H14FN3/c1-9-15(11-4-2-3-5-14(11)18-9)19-10-6-7-13(17)12(16)8-10/h2-8,18-19H,17H2,1H3. The predicted molar refractivity (Wildman–Crippen MR) is 77.1 cm³/mol. The van der Waals surface area contributed by atoms with Crippen LogP contribution in [0.25, 0.3) is 10.9 Å². The second-order valence-electron chi connectivity index (χ2n) is 4.53. The first-order chi connectivity index (χ1) is 9.15. The molecular formula is C15H14FN3. The third-order valence-corrected chi connectivity index (χ3v) is 3.16. The molecule has 0 spiro atoms. The molecule has 19 heavy (non-hydrogen) atoms. The van der Waals surface area contributed by atoms with E-state index in [0.717, 1.165) is 22.3 Å². The first-order valence-corrected chi connectivity index (χ1v) is 6.04. The molecule has 0 unspecified atom stereocenters. The second kappa shape index (κ2) is 4.31. The predicted octanol–water partition coefficient (Wildman–Crippen LogP) is 3.94. The number of anilines is 3. The number of nitrogens with one attached hydrogen (secondary N) is 2. The van der Waals surface area contributed by atoms with Gasteiger partial charge in [0.2, 0.25) is 0 Å². The molecule has 0 atom stereocenters. The van der Waals surface area contributed by atoms with E-state index in [9.17, 15) is 4.39 Å². The van der Waals surface area contributed by atoms with Crippen molar-refractivity contribution < 1.29 is 4.39 Å². The summed E-state index contributed by atoms with van der Waals surface area (Å²) in [6, 6.07) is 12.7. The smallest absolute Gasteiger partial charge is 0.148 e. The molecule has 0 saturated carbocycles. The van der Waals surface area contributed by atoms with Crippen molar-refractivity contribution in [3.05, 3.63) is 54.0 Å². The van der Waals surface area contributed by atoms with Crippen LogP contribution in [-0.2, 0) is 0 Å². The summed E-state index contributed by atoms with van der Waals surface area (Å²) in [6.07, 6.45) is 0. The van der Waals surface area contributed by atoms with Gasteiger partial charge in [0.25, 0.3) is 0 Å². The average molecular weight is 255 g/mol. The van der Waals surface area contributed by atoms with E-state index >= 15 is 0 Å². The van der Waals surface area contributed by atoms with Gasteiger partial charge in [-0.2, -0.15) is 0 Å². The van der Waals surface area contributed by atoms with Crippen molar-refractivity contribution in [1.29, 1.82) is 0 Å². The van der Waals surface area contributed by atoms with E-state index in [4.69, 9.17) is 5.73 Å². The molecule has 1 aromatic heterocycles. The number of aryl methyl sites for hydroxylation is 1. The maximum Gasteiger partial charge on any atom is 0.148 e. The number of nitrogen functional groups attached to an aromatic ring is 1. The number of fused-ring (bicyclic) bond motifs is 1. The van der Waals surface area contributed by atoms with E-state index < -0.39 is 5.82 Å². The molecule has 0 aliphatic carbocycles. The van der Waals surface area contributed by atoms with E-state index in [1.165, 1.54) is 6.07 Å². The maximum atomic E-state index is 13.4. The highest BCUT2D eigenvalue weighted by Crippen LogP contribution is 2.30. The molecule has 2 aromatic carbocycles. The molecule has 1 heterocycles. The maximum absolute atomic E-state index is 13.4. The zero-order valence-corrected chi connectivity index (χ0v) is 10.5. The Morgan fingerprint density at radius 1 is 1.16 bits per heavy atom. The number of benzene rings is 2. The summed E-state index contributed by atoms with van der Waals surface area (Å²) in [7, 11) is 0. The fourth-order valence-corrected chi connectivity index (χ4v) is 2.19. The van der Waals surface area contributed by atoms with Gasteiger partial charge in [0, 0.05) is 22.3 Å². The normalized spacial score (nSPS) is 10.8. The quantitative estimate of drug-likeness (QED) is 0.607. The number of aromatic nitrogens is 1. The van der Waals surface area contributed by atoms with Gasteiger partial charge in [0.15, 0.2) is 0 Å². The van der Waals surface area contributed by atoms with Gasteiger partial charge in [-0.15, -0.1) is 0 Å². The van der Waals surface area contributed by atoms with Crippen LogP contribution in [0.1, 0.15) is 5.69 Å². The highest BCUT2D eigenvalue weighted by Gasteiger charge is 2.08. The molecule has 4 N–H and O–H groups in total. The van der Waals surface area contributed by atoms with E-state index in [2.05, 4.69) is 10.3 Å². The van der Waals surface area contributed by atoms with Gasteiger partial charge in [-0.1, -0.05) is 18.2 Å². The zero-order chi connectivity index (χ0) is 13.4. The minimum Gasteiger partial charge on any atom is -0.396 e. The number of aromatic amines is 1. The van der Waals surface area contributed by atoms with Crippen LogP contribution in [0.5, 0.6) is 0 Å². The van der Waals surface area contributed by atoms with E-state index in [1.807, 2.05) is 31.2 Å². The van der Waals surface area contributed by atoms with Crippen molar-refractivity contribution in [2.75, 3.05) is 11.1 Å². The number of para-hydroxylation sites is 1. The van der Waals surface area contributed by atoms with Crippen LogP contribution in [0.15, 0.2) is 42.5 Å². The molecule has 0 aliphatic heterocycles. The molecular weight excluding hydrogens is 241 g/mol. The molecule has 0 aliphatic rings. The molecule has 0 bridgehead atoms. The lowest BCUT2D eigenvalue weighted by molar-refractivity contribution is 0.633. The lowest BCUT2D eigenvalue weighted by Crippen LogP contribution is -1.95. The van der Waals surface area contributed by atoms with E-state index in [1.54, 1.807) is 12.1 Å². The Kier molecular flexibility index (Phi) is 2.63. The molecule has 0 amide bonds. The largest absolute Gasteiger partial charge is 0.396 e. The first-order valence-electron chi connectivity index (χ1n) is 6.04. The number of H-pyrrole nitrogens is 1. The fourth-order valence-electron chi connectivity index (χ4n) is 2.19. The summed E-state index contributed by atoms with van der Waals surface area (Å²) < 4.78 is 13.4. The van der Waals surface area contributed by atoms with E-state index in [0.29, 0.717) is 5.69 Å². The molecule has 96 valence electrons. The van der Waals surface area contributed by atoms with Crippen molar-refractivity contribution in [2.24, 2.45) is 0 Å². The highest BCUT2D eigenvalue weighted by atomic mass is 19.1. The summed E-state index contributed by atoms with van der Waals surface area (Å²) in [5, 5.41) is 4.32. The van der Waals surface area contributed by atoms with Gasteiger partial charge in [0.1, 0.15) is 5.82 Å². The Morgan fingerprint density at radius 2 is 1.95 bits per heavy atom. The lowest BCUT2D eigenvalue weighted by Gasteiger charge is -2.07. The number of nitrogens with two attached hydrogens (primary N) is 1. The average Bonchev–Trinajstić information content (AvgIpc) is 2.71. The topological polar surface area (TPSA) is 53.8 Å². The molecule has 3 rings (SSSR count). The van der Waals surface area contributed by atoms with Crippen LogP contribution in [-0.4, -0.2) is 4.98 Å². The van der Waals surface area contributed by atoms with Gasteiger partial charge in [-0.05, 0) is 31.2 Å². The third kappa shape index (κ3) is 2.01. The third-order valence-electron chi connectivity index (χ3n) is 3.16. The fraction of sp³-hybridized carbons (Fsp3) is 0.0667. The molecule has 0 saturated heterocycles. The van der Waals surface area contributed by atoms with Crippen molar-refractivity contribution in [2.45, 2.75) is 6.92 Å². The molecule has 0 fully saturated rings. The number of hydrogen-bond acceptors (Lipinski definition) is 2. The lowest BCUT2D eigenvalue weighted by atomic mass is 10.2. The van der Waals surface area contributed by atoms with Crippen LogP contribution < -0.4 is 11.1 Å². The van der Waals surface area contributed by atoms with Crippen molar-refractivity contribution >= 4 is 28.0 Å². The van der Waals surface area contributed by atoms with Gasteiger partial charge in [-0.3, -0.25) is 0 Å². The molecule has 3 nitrogen and oxygen atoms in total. The summed E-state index contributed by atoms with van der Waals surface area (Å²) in [5.41, 5.74) is 9.33. The van der Waals surface area contributed by atoms with E-state index in [-0.39, 0.29) is 5.69 Å². The zero-order valence-electron chi connectivity index (χ0n) is 10.5. The Hall–Kier alpha value is -2.49. The highest BCUT2D eigenvalue weighted by molar-refractivity contribution is 5.96. The summed E-state index contributed by atoms with van der Waals surface area (Å²) >= 11 is 0. The monoisotopic (exact) mass is 255 g/mol.